The van der Waals surface area contributed by atoms with Crippen LogP contribution in [0.4, 0.5) is 4.39 Å². The maximum Gasteiger partial charge on any atom is 0.141 e. The molecule has 1 aromatic heterocycles. The second-order valence-corrected chi connectivity index (χ2v) is 4.18. The van der Waals surface area contributed by atoms with Gasteiger partial charge in [0.2, 0.25) is 0 Å². The summed E-state index contributed by atoms with van der Waals surface area (Å²) in [5, 5.41) is 0.488. The van der Waals surface area contributed by atoms with Crippen LogP contribution in [0.5, 0.6) is 5.75 Å². The highest BCUT2D eigenvalue weighted by Crippen LogP contribution is 2.26. The lowest BCUT2D eigenvalue weighted by Crippen LogP contribution is -1.99. The lowest BCUT2D eigenvalue weighted by molar-refractivity contribution is 0.305. The third kappa shape index (κ3) is 3.18. The number of benzene rings is 1. The van der Waals surface area contributed by atoms with Crippen LogP contribution in [0.2, 0.25) is 5.02 Å². The highest BCUT2D eigenvalue weighted by molar-refractivity contribution is 6.32. The molecule has 2 aromatic rings. The summed E-state index contributed by atoms with van der Waals surface area (Å²) < 4.78 is 18.4. The van der Waals surface area contributed by atoms with Crippen molar-refractivity contribution in [3.8, 4) is 5.75 Å². The van der Waals surface area contributed by atoms with Gasteiger partial charge in [-0.25, -0.2) is 4.39 Å². The summed E-state index contributed by atoms with van der Waals surface area (Å²) in [7, 11) is 0. The second-order valence-electron chi connectivity index (χ2n) is 3.77. The standard InChI is InChI=1S/C13H12ClFN2O/c14-12-4-9(5-16)1-2-13(12)18-8-10-3-11(15)7-17-6-10/h1-4,6-7H,5,8,16H2. The lowest BCUT2D eigenvalue weighted by Gasteiger charge is -2.09. The molecule has 94 valence electrons. The molecule has 0 unspecified atom stereocenters. The van der Waals surface area contributed by atoms with Gasteiger partial charge in [0.1, 0.15) is 18.2 Å². The molecule has 0 radical (unpaired) electrons. The second kappa shape index (κ2) is 5.80. The molecular formula is C13H12ClFN2O. The van der Waals surface area contributed by atoms with Gasteiger partial charge in [0.05, 0.1) is 11.2 Å². The van der Waals surface area contributed by atoms with Crippen LogP contribution in [0.1, 0.15) is 11.1 Å². The maximum atomic E-state index is 12.9. The van der Waals surface area contributed by atoms with Gasteiger partial charge in [-0.1, -0.05) is 17.7 Å². The topological polar surface area (TPSA) is 48.1 Å². The first-order valence-corrected chi connectivity index (χ1v) is 5.77. The molecule has 0 amide bonds. The van der Waals surface area contributed by atoms with Crippen molar-refractivity contribution in [3.63, 3.8) is 0 Å². The van der Waals surface area contributed by atoms with Crippen LogP contribution in [0.3, 0.4) is 0 Å². The van der Waals surface area contributed by atoms with E-state index >= 15 is 0 Å². The Morgan fingerprint density at radius 2 is 2.06 bits per heavy atom. The SMILES string of the molecule is NCc1ccc(OCc2cncc(F)c2)c(Cl)c1. The molecule has 1 heterocycles. The molecule has 0 saturated carbocycles. The van der Waals surface area contributed by atoms with Crippen molar-refractivity contribution in [3.05, 3.63) is 58.6 Å². The molecule has 1 aromatic carbocycles. The number of nitrogens with zero attached hydrogens (tertiary/aromatic N) is 1. The number of hydrogen-bond acceptors (Lipinski definition) is 3. The third-order valence-electron chi connectivity index (χ3n) is 2.39. The zero-order valence-corrected chi connectivity index (χ0v) is 10.3. The first-order valence-electron chi connectivity index (χ1n) is 5.40. The summed E-state index contributed by atoms with van der Waals surface area (Å²) in [4.78, 5) is 3.74. The fourth-order valence-corrected chi connectivity index (χ4v) is 1.74. The first kappa shape index (κ1) is 12.8. The molecule has 3 nitrogen and oxygen atoms in total. The van der Waals surface area contributed by atoms with Gasteiger partial charge in [0, 0.05) is 18.3 Å². The molecule has 0 atom stereocenters. The number of hydrogen-bond donors (Lipinski definition) is 1. The van der Waals surface area contributed by atoms with Gasteiger partial charge < -0.3 is 10.5 Å². The molecule has 0 spiro atoms. The normalized spacial score (nSPS) is 10.4. The molecule has 2 N–H and O–H groups in total. The van der Waals surface area contributed by atoms with Crippen molar-refractivity contribution >= 4 is 11.6 Å². The zero-order valence-electron chi connectivity index (χ0n) is 9.57. The van der Waals surface area contributed by atoms with Crippen LogP contribution in [0, 0.1) is 5.82 Å². The van der Waals surface area contributed by atoms with E-state index in [-0.39, 0.29) is 12.4 Å². The molecule has 18 heavy (non-hydrogen) atoms. The predicted octanol–water partition coefficient (Wildman–Crippen LogP) is 2.91. The van der Waals surface area contributed by atoms with Crippen LogP contribution in [0.25, 0.3) is 0 Å². The molecule has 0 aliphatic carbocycles. The third-order valence-corrected chi connectivity index (χ3v) is 2.68. The van der Waals surface area contributed by atoms with Gasteiger partial charge >= 0.3 is 0 Å². The van der Waals surface area contributed by atoms with Crippen molar-refractivity contribution in [2.75, 3.05) is 0 Å². The van der Waals surface area contributed by atoms with Crippen molar-refractivity contribution in [2.45, 2.75) is 13.2 Å². The number of nitrogens with two attached hydrogens (primary N) is 1. The molecule has 0 bridgehead atoms. The highest BCUT2D eigenvalue weighted by atomic mass is 35.5. The van der Waals surface area contributed by atoms with Crippen LogP contribution in [0.15, 0.2) is 36.7 Å². The number of rotatable bonds is 4. The molecule has 0 fully saturated rings. The lowest BCUT2D eigenvalue weighted by atomic mass is 10.2. The smallest absolute Gasteiger partial charge is 0.141 e. The Morgan fingerprint density at radius 3 is 2.72 bits per heavy atom. The zero-order chi connectivity index (χ0) is 13.0. The quantitative estimate of drug-likeness (QED) is 0.926. The number of aromatic nitrogens is 1. The Balaban J connectivity index is 2.06. The van der Waals surface area contributed by atoms with E-state index in [1.807, 2.05) is 6.07 Å². The molecule has 0 aliphatic heterocycles. The van der Waals surface area contributed by atoms with Gasteiger partial charge in [-0.3, -0.25) is 4.98 Å². The molecule has 5 heteroatoms. The summed E-state index contributed by atoms with van der Waals surface area (Å²) in [5.41, 5.74) is 7.08. The van der Waals surface area contributed by atoms with E-state index in [2.05, 4.69) is 4.98 Å². The summed E-state index contributed by atoms with van der Waals surface area (Å²) in [6.07, 6.45) is 2.69. The minimum Gasteiger partial charge on any atom is -0.487 e. The summed E-state index contributed by atoms with van der Waals surface area (Å²) >= 11 is 6.04. The number of pyridine rings is 1. The van der Waals surface area contributed by atoms with Crippen molar-refractivity contribution in [2.24, 2.45) is 5.73 Å². The Kier molecular flexibility index (Phi) is 4.12. The molecular weight excluding hydrogens is 255 g/mol. The largest absolute Gasteiger partial charge is 0.487 e. The van der Waals surface area contributed by atoms with Crippen LogP contribution in [-0.4, -0.2) is 4.98 Å². The summed E-state index contributed by atoms with van der Waals surface area (Å²) in [6.45, 7) is 0.639. The number of halogens is 2. The van der Waals surface area contributed by atoms with Crippen molar-refractivity contribution < 1.29 is 9.13 Å². The molecule has 0 saturated heterocycles. The number of ether oxygens (including phenoxy) is 1. The monoisotopic (exact) mass is 266 g/mol. The average Bonchev–Trinajstić information content (AvgIpc) is 2.37. The van der Waals surface area contributed by atoms with Gasteiger partial charge in [-0.05, 0) is 23.8 Å². The fraction of sp³-hybridized carbons (Fsp3) is 0.154. The van der Waals surface area contributed by atoms with Gasteiger partial charge in [0.15, 0.2) is 0 Å². The Hall–Kier alpha value is -1.65. The Labute approximate surface area is 109 Å². The highest BCUT2D eigenvalue weighted by Gasteiger charge is 2.04. The van der Waals surface area contributed by atoms with Gasteiger partial charge in [-0.15, -0.1) is 0 Å². The summed E-state index contributed by atoms with van der Waals surface area (Å²) in [6, 6.07) is 6.71. The summed E-state index contributed by atoms with van der Waals surface area (Å²) in [5.74, 6) is 0.152. The maximum absolute atomic E-state index is 12.9. The van der Waals surface area contributed by atoms with Crippen molar-refractivity contribution in [1.82, 2.24) is 4.98 Å². The Bertz CT molecular complexity index is 548. The van der Waals surface area contributed by atoms with Gasteiger partial charge in [-0.2, -0.15) is 0 Å². The van der Waals surface area contributed by atoms with E-state index in [9.17, 15) is 4.39 Å². The van der Waals surface area contributed by atoms with E-state index in [0.717, 1.165) is 11.8 Å². The van der Waals surface area contributed by atoms with Crippen molar-refractivity contribution in [1.29, 1.82) is 0 Å². The molecule has 2 rings (SSSR count). The Morgan fingerprint density at radius 1 is 1.22 bits per heavy atom. The average molecular weight is 267 g/mol. The van der Waals surface area contributed by atoms with Gasteiger partial charge in [0.25, 0.3) is 0 Å². The minimum absolute atomic E-state index is 0.215. The van der Waals surface area contributed by atoms with E-state index in [4.69, 9.17) is 22.1 Å². The van der Waals surface area contributed by atoms with E-state index < -0.39 is 0 Å². The van der Waals surface area contributed by atoms with E-state index in [1.165, 1.54) is 6.07 Å². The van der Waals surface area contributed by atoms with E-state index in [0.29, 0.717) is 22.9 Å². The van der Waals surface area contributed by atoms with E-state index in [1.54, 1.807) is 18.3 Å². The van der Waals surface area contributed by atoms with Crippen LogP contribution < -0.4 is 10.5 Å². The van der Waals surface area contributed by atoms with Crippen LogP contribution in [-0.2, 0) is 13.2 Å². The predicted molar refractivity (Wildman–Crippen MR) is 67.9 cm³/mol. The fourth-order valence-electron chi connectivity index (χ4n) is 1.48. The van der Waals surface area contributed by atoms with Crippen LogP contribution >= 0.6 is 11.6 Å². The first-order chi connectivity index (χ1) is 8.69. The minimum atomic E-state index is -0.388. The molecule has 0 aliphatic rings.